The first-order valence-corrected chi connectivity index (χ1v) is 7.25. The molecule has 0 spiro atoms. The molecule has 3 heteroatoms. The molecule has 0 amide bonds. The molecule has 1 saturated carbocycles. The number of hydrogen-bond donors (Lipinski definition) is 1. The summed E-state index contributed by atoms with van der Waals surface area (Å²) in [6, 6.07) is 0.307. The average molecular weight is 247 g/mol. The highest BCUT2D eigenvalue weighted by molar-refractivity contribution is 5.00. The molecule has 1 aromatic rings. The standard InChI is InChI=1S/C15H25N3/c1-12-3-5-14(6-4-12)7-8-17-13(2)15-11-16-9-10-18-15/h9-14,17H,3-8H2,1-2H3. The van der Waals surface area contributed by atoms with Gasteiger partial charge in [0.2, 0.25) is 0 Å². The van der Waals surface area contributed by atoms with Crippen LogP contribution >= 0.6 is 0 Å². The van der Waals surface area contributed by atoms with Gasteiger partial charge in [-0.3, -0.25) is 9.97 Å². The molecule has 1 fully saturated rings. The summed E-state index contributed by atoms with van der Waals surface area (Å²) in [6.45, 7) is 5.63. The van der Waals surface area contributed by atoms with Crippen molar-refractivity contribution < 1.29 is 0 Å². The van der Waals surface area contributed by atoms with E-state index in [4.69, 9.17) is 0 Å². The lowest BCUT2D eigenvalue weighted by Crippen LogP contribution is -2.24. The molecule has 1 heterocycles. The monoisotopic (exact) mass is 247 g/mol. The Labute approximate surface area is 110 Å². The zero-order valence-corrected chi connectivity index (χ0v) is 11.6. The minimum atomic E-state index is 0.307. The summed E-state index contributed by atoms with van der Waals surface area (Å²) >= 11 is 0. The first-order chi connectivity index (χ1) is 8.75. The molecule has 0 radical (unpaired) electrons. The molecule has 1 atom stereocenters. The Balaban J connectivity index is 1.66. The molecule has 1 N–H and O–H groups in total. The summed E-state index contributed by atoms with van der Waals surface area (Å²) in [5, 5.41) is 3.55. The van der Waals surface area contributed by atoms with Crippen molar-refractivity contribution in [2.45, 2.75) is 52.0 Å². The van der Waals surface area contributed by atoms with Crippen LogP contribution in [-0.4, -0.2) is 16.5 Å². The quantitative estimate of drug-likeness (QED) is 0.867. The molecular formula is C15H25N3. The number of nitrogens with zero attached hydrogens (tertiary/aromatic N) is 2. The van der Waals surface area contributed by atoms with Crippen molar-refractivity contribution in [1.29, 1.82) is 0 Å². The molecule has 1 aliphatic carbocycles. The molecule has 1 unspecified atom stereocenters. The lowest BCUT2D eigenvalue weighted by atomic mass is 9.81. The Hall–Kier alpha value is -0.960. The van der Waals surface area contributed by atoms with Crippen molar-refractivity contribution in [2.24, 2.45) is 11.8 Å². The van der Waals surface area contributed by atoms with E-state index in [0.29, 0.717) is 6.04 Å². The second-order valence-electron chi connectivity index (χ2n) is 5.72. The summed E-state index contributed by atoms with van der Waals surface area (Å²) in [7, 11) is 0. The lowest BCUT2D eigenvalue weighted by Gasteiger charge is -2.26. The van der Waals surface area contributed by atoms with Gasteiger partial charge in [0, 0.05) is 24.6 Å². The zero-order valence-electron chi connectivity index (χ0n) is 11.6. The molecule has 0 saturated heterocycles. The number of aromatic nitrogens is 2. The van der Waals surface area contributed by atoms with Crippen LogP contribution in [0.25, 0.3) is 0 Å². The van der Waals surface area contributed by atoms with Crippen molar-refractivity contribution in [2.75, 3.05) is 6.54 Å². The van der Waals surface area contributed by atoms with Gasteiger partial charge in [0.1, 0.15) is 0 Å². The molecule has 18 heavy (non-hydrogen) atoms. The fourth-order valence-electron chi connectivity index (χ4n) is 2.76. The first-order valence-electron chi connectivity index (χ1n) is 7.25. The van der Waals surface area contributed by atoms with Crippen LogP contribution in [0.15, 0.2) is 18.6 Å². The van der Waals surface area contributed by atoms with Gasteiger partial charge in [-0.05, 0) is 31.7 Å². The van der Waals surface area contributed by atoms with Crippen LogP contribution < -0.4 is 5.32 Å². The molecule has 100 valence electrons. The average Bonchev–Trinajstić information content (AvgIpc) is 2.42. The Bertz CT molecular complexity index is 331. The van der Waals surface area contributed by atoms with Crippen LogP contribution in [-0.2, 0) is 0 Å². The molecule has 0 bridgehead atoms. The maximum Gasteiger partial charge on any atom is 0.0753 e. The normalized spacial score (nSPS) is 25.9. The molecular weight excluding hydrogens is 222 g/mol. The highest BCUT2D eigenvalue weighted by Gasteiger charge is 2.18. The van der Waals surface area contributed by atoms with E-state index in [-0.39, 0.29) is 0 Å². The van der Waals surface area contributed by atoms with Gasteiger partial charge >= 0.3 is 0 Å². The van der Waals surface area contributed by atoms with Gasteiger partial charge in [-0.25, -0.2) is 0 Å². The van der Waals surface area contributed by atoms with E-state index in [9.17, 15) is 0 Å². The minimum Gasteiger partial charge on any atom is -0.309 e. The van der Waals surface area contributed by atoms with Gasteiger partial charge in [-0.1, -0.05) is 32.6 Å². The van der Waals surface area contributed by atoms with Gasteiger partial charge in [0.25, 0.3) is 0 Å². The fraction of sp³-hybridized carbons (Fsp3) is 0.733. The van der Waals surface area contributed by atoms with Crippen LogP contribution in [0.5, 0.6) is 0 Å². The van der Waals surface area contributed by atoms with E-state index in [1.807, 2.05) is 6.20 Å². The molecule has 2 rings (SSSR count). The van der Waals surface area contributed by atoms with E-state index in [0.717, 1.165) is 24.1 Å². The SMILES string of the molecule is CC1CCC(CCNC(C)c2cnccn2)CC1. The maximum absolute atomic E-state index is 4.33. The van der Waals surface area contributed by atoms with Gasteiger partial charge in [-0.15, -0.1) is 0 Å². The smallest absolute Gasteiger partial charge is 0.0753 e. The molecule has 1 aliphatic rings. The van der Waals surface area contributed by atoms with Crippen LogP contribution in [0.4, 0.5) is 0 Å². The third kappa shape index (κ3) is 4.05. The summed E-state index contributed by atoms with van der Waals surface area (Å²) in [4.78, 5) is 8.44. The zero-order chi connectivity index (χ0) is 12.8. The second kappa shape index (κ2) is 6.83. The highest BCUT2D eigenvalue weighted by atomic mass is 14.9. The van der Waals surface area contributed by atoms with E-state index in [2.05, 4.69) is 29.1 Å². The maximum atomic E-state index is 4.33. The largest absolute Gasteiger partial charge is 0.309 e. The van der Waals surface area contributed by atoms with Gasteiger partial charge < -0.3 is 5.32 Å². The van der Waals surface area contributed by atoms with Crippen molar-refractivity contribution in [3.8, 4) is 0 Å². The molecule has 0 aliphatic heterocycles. The summed E-state index contributed by atoms with van der Waals surface area (Å²) in [5.41, 5.74) is 1.04. The molecule has 0 aromatic carbocycles. The van der Waals surface area contributed by atoms with Crippen molar-refractivity contribution in [3.05, 3.63) is 24.3 Å². The van der Waals surface area contributed by atoms with Crippen LogP contribution in [0.1, 0.15) is 57.7 Å². The van der Waals surface area contributed by atoms with E-state index in [1.165, 1.54) is 32.1 Å². The van der Waals surface area contributed by atoms with Crippen molar-refractivity contribution in [1.82, 2.24) is 15.3 Å². The van der Waals surface area contributed by atoms with Crippen LogP contribution in [0.3, 0.4) is 0 Å². The number of rotatable bonds is 5. The second-order valence-corrected chi connectivity index (χ2v) is 5.72. The van der Waals surface area contributed by atoms with Gasteiger partial charge in [-0.2, -0.15) is 0 Å². The number of hydrogen-bond acceptors (Lipinski definition) is 3. The first kappa shape index (κ1) is 13.5. The Kier molecular flexibility index (Phi) is 5.12. The van der Waals surface area contributed by atoms with Crippen molar-refractivity contribution >= 4 is 0 Å². The van der Waals surface area contributed by atoms with E-state index < -0.39 is 0 Å². The van der Waals surface area contributed by atoms with E-state index >= 15 is 0 Å². The Morgan fingerprint density at radius 2 is 2.06 bits per heavy atom. The third-order valence-corrected chi connectivity index (χ3v) is 4.17. The highest BCUT2D eigenvalue weighted by Crippen LogP contribution is 2.30. The van der Waals surface area contributed by atoms with Crippen LogP contribution in [0, 0.1) is 11.8 Å². The van der Waals surface area contributed by atoms with Gasteiger partial charge in [0.05, 0.1) is 5.69 Å². The number of nitrogens with one attached hydrogen (secondary N) is 1. The lowest BCUT2D eigenvalue weighted by molar-refractivity contribution is 0.273. The summed E-state index contributed by atoms with van der Waals surface area (Å²) in [5.74, 6) is 1.88. The van der Waals surface area contributed by atoms with Gasteiger partial charge in [0.15, 0.2) is 0 Å². The predicted molar refractivity (Wildman–Crippen MR) is 74.2 cm³/mol. The fourth-order valence-corrected chi connectivity index (χ4v) is 2.76. The van der Waals surface area contributed by atoms with E-state index in [1.54, 1.807) is 12.4 Å². The Morgan fingerprint density at radius 1 is 1.28 bits per heavy atom. The summed E-state index contributed by atoms with van der Waals surface area (Å²) in [6.07, 6.45) is 12.3. The van der Waals surface area contributed by atoms with Crippen molar-refractivity contribution in [3.63, 3.8) is 0 Å². The topological polar surface area (TPSA) is 37.8 Å². The predicted octanol–water partition coefficient (Wildman–Crippen LogP) is 3.34. The Morgan fingerprint density at radius 3 is 2.72 bits per heavy atom. The minimum absolute atomic E-state index is 0.307. The van der Waals surface area contributed by atoms with Crippen LogP contribution in [0.2, 0.25) is 0 Å². The molecule has 1 aromatic heterocycles. The summed E-state index contributed by atoms with van der Waals surface area (Å²) < 4.78 is 0. The molecule has 3 nitrogen and oxygen atoms in total. The third-order valence-electron chi connectivity index (χ3n) is 4.17.